The first kappa shape index (κ1) is 12.3. The largest absolute Gasteiger partial charge is 0.319 e. The van der Waals surface area contributed by atoms with E-state index in [0.717, 1.165) is 18.9 Å². The van der Waals surface area contributed by atoms with Crippen LogP contribution in [-0.2, 0) is 6.42 Å². The molecule has 0 aromatic heterocycles. The molecule has 0 atom stereocenters. The molecule has 84 valence electrons. The Bertz CT molecular complexity index is 259. The summed E-state index contributed by atoms with van der Waals surface area (Å²) in [5.74, 6) is 0.739. The van der Waals surface area contributed by atoms with Crippen molar-refractivity contribution in [1.29, 1.82) is 0 Å². The Balaban J connectivity index is 2.62. The smallest absolute Gasteiger partial charge is 0.00114 e. The molecule has 1 N–H and O–H groups in total. The van der Waals surface area contributed by atoms with E-state index >= 15 is 0 Å². The minimum atomic E-state index is 0.739. The van der Waals surface area contributed by atoms with E-state index in [9.17, 15) is 0 Å². The summed E-state index contributed by atoms with van der Waals surface area (Å²) in [6, 6.07) is 9.13. The maximum absolute atomic E-state index is 3.18. The fourth-order valence-corrected chi connectivity index (χ4v) is 1.99. The molecule has 1 aromatic carbocycles. The first-order valence-corrected chi connectivity index (χ1v) is 6.05. The molecule has 0 fully saturated rings. The van der Waals surface area contributed by atoms with Crippen LogP contribution >= 0.6 is 0 Å². The highest BCUT2D eigenvalue weighted by molar-refractivity contribution is 5.25. The number of hydrogen-bond acceptors (Lipinski definition) is 1. The molecule has 0 unspecified atom stereocenters. The van der Waals surface area contributed by atoms with Crippen LogP contribution in [0.1, 0.15) is 43.7 Å². The molecular formula is C14H23N. The van der Waals surface area contributed by atoms with Crippen LogP contribution in [-0.4, -0.2) is 13.6 Å². The Morgan fingerprint density at radius 2 is 1.67 bits per heavy atom. The summed E-state index contributed by atoms with van der Waals surface area (Å²) in [7, 11) is 2.00. The van der Waals surface area contributed by atoms with Gasteiger partial charge in [-0.05, 0) is 49.9 Å². The van der Waals surface area contributed by atoms with E-state index in [2.05, 4.69) is 43.4 Å². The average Bonchev–Trinajstić information content (AvgIpc) is 2.29. The van der Waals surface area contributed by atoms with Crippen LogP contribution in [0.15, 0.2) is 24.3 Å². The topological polar surface area (TPSA) is 12.0 Å². The van der Waals surface area contributed by atoms with Crippen LogP contribution in [0, 0.1) is 0 Å². The van der Waals surface area contributed by atoms with E-state index in [1.165, 1.54) is 24.0 Å². The molecule has 0 saturated carbocycles. The number of benzene rings is 1. The van der Waals surface area contributed by atoms with E-state index in [-0.39, 0.29) is 0 Å². The lowest BCUT2D eigenvalue weighted by molar-refractivity contribution is 0.641. The number of nitrogens with one attached hydrogen (secondary N) is 1. The highest BCUT2D eigenvalue weighted by Gasteiger charge is 2.05. The summed E-state index contributed by atoms with van der Waals surface area (Å²) in [5, 5.41) is 3.18. The van der Waals surface area contributed by atoms with Gasteiger partial charge in [-0.2, -0.15) is 0 Å². The van der Waals surface area contributed by atoms with Crippen molar-refractivity contribution in [1.82, 2.24) is 5.32 Å². The van der Waals surface area contributed by atoms with Crippen LogP contribution in [0.2, 0.25) is 0 Å². The summed E-state index contributed by atoms with van der Waals surface area (Å²) in [6.45, 7) is 5.59. The summed E-state index contributed by atoms with van der Waals surface area (Å²) in [6.07, 6.45) is 3.61. The zero-order valence-electron chi connectivity index (χ0n) is 10.2. The molecule has 0 spiro atoms. The Morgan fingerprint density at radius 3 is 2.13 bits per heavy atom. The molecular weight excluding hydrogens is 182 g/mol. The third-order valence-corrected chi connectivity index (χ3v) is 3.10. The summed E-state index contributed by atoms with van der Waals surface area (Å²) in [5.41, 5.74) is 2.92. The van der Waals surface area contributed by atoms with E-state index in [4.69, 9.17) is 0 Å². The normalized spacial score (nSPS) is 10.9. The Morgan fingerprint density at radius 1 is 1.07 bits per heavy atom. The molecule has 0 aliphatic rings. The van der Waals surface area contributed by atoms with E-state index in [1.54, 1.807) is 0 Å². The first-order valence-electron chi connectivity index (χ1n) is 6.05. The lowest BCUT2D eigenvalue weighted by Gasteiger charge is -2.13. The van der Waals surface area contributed by atoms with Gasteiger partial charge < -0.3 is 5.32 Å². The van der Waals surface area contributed by atoms with Gasteiger partial charge in [0, 0.05) is 0 Å². The molecule has 0 heterocycles. The molecule has 1 rings (SSSR count). The molecule has 1 nitrogen and oxygen atoms in total. The van der Waals surface area contributed by atoms with Crippen LogP contribution < -0.4 is 5.32 Å². The summed E-state index contributed by atoms with van der Waals surface area (Å²) < 4.78 is 0. The van der Waals surface area contributed by atoms with Gasteiger partial charge >= 0.3 is 0 Å². The van der Waals surface area contributed by atoms with Crippen molar-refractivity contribution in [2.24, 2.45) is 0 Å². The molecule has 15 heavy (non-hydrogen) atoms. The van der Waals surface area contributed by atoms with Crippen LogP contribution in [0.25, 0.3) is 0 Å². The van der Waals surface area contributed by atoms with Gasteiger partial charge in [0.15, 0.2) is 0 Å². The van der Waals surface area contributed by atoms with Crippen molar-refractivity contribution in [3.05, 3.63) is 35.4 Å². The standard InChI is InChI=1S/C14H23N/c1-4-13(5-2)14-8-6-12(7-9-14)10-11-15-3/h6-9,13,15H,4-5,10-11H2,1-3H3. The van der Waals surface area contributed by atoms with Crippen molar-refractivity contribution >= 4 is 0 Å². The summed E-state index contributed by atoms with van der Waals surface area (Å²) >= 11 is 0. The molecule has 0 aliphatic carbocycles. The van der Waals surface area contributed by atoms with Gasteiger partial charge in [-0.3, -0.25) is 0 Å². The SMILES string of the molecule is CCC(CC)c1ccc(CCNC)cc1. The Labute approximate surface area is 93.9 Å². The van der Waals surface area contributed by atoms with Crippen LogP contribution in [0.3, 0.4) is 0 Å². The Hall–Kier alpha value is -0.820. The fraction of sp³-hybridized carbons (Fsp3) is 0.571. The number of rotatable bonds is 6. The van der Waals surface area contributed by atoms with Crippen molar-refractivity contribution in [2.45, 2.75) is 39.0 Å². The van der Waals surface area contributed by atoms with E-state index in [0.29, 0.717) is 0 Å². The minimum Gasteiger partial charge on any atom is -0.319 e. The van der Waals surface area contributed by atoms with Crippen molar-refractivity contribution in [3.8, 4) is 0 Å². The number of hydrogen-bond donors (Lipinski definition) is 1. The van der Waals surface area contributed by atoms with Gasteiger partial charge in [0.1, 0.15) is 0 Å². The van der Waals surface area contributed by atoms with Crippen LogP contribution in [0.5, 0.6) is 0 Å². The van der Waals surface area contributed by atoms with Gasteiger partial charge in [-0.15, -0.1) is 0 Å². The second-order valence-electron chi connectivity index (χ2n) is 4.11. The zero-order chi connectivity index (χ0) is 11.1. The average molecular weight is 205 g/mol. The van der Waals surface area contributed by atoms with Gasteiger partial charge in [0.25, 0.3) is 0 Å². The van der Waals surface area contributed by atoms with Crippen molar-refractivity contribution in [2.75, 3.05) is 13.6 Å². The zero-order valence-corrected chi connectivity index (χ0v) is 10.2. The highest BCUT2D eigenvalue weighted by atomic mass is 14.8. The predicted octanol–water partition coefficient (Wildman–Crippen LogP) is 3.35. The molecule has 1 aromatic rings. The van der Waals surface area contributed by atoms with E-state index < -0.39 is 0 Å². The first-order chi connectivity index (χ1) is 7.31. The highest BCUT2D eigenvalue weighted by Crippen LogP contribution is 2.22. The maximum atomic E-state index is 3.18. The van der Waals surface area contributed by atoms with E-state index in [1.807, 2.05) is 7.05 Å². The lowest BCUT2D eigenvalue weighted by atomic mass is 9.93. The third kappa shape index (κ3) is 3.67. The molecule has 1 heteroatoms. The second kappa shape index (κ2) is 6.62. The van der Waals surface area contributed by atoms with Crippen molar-refractivity contribution < 1.29 is 0 Å². The van der Waals surface area contributed by atoms with Gasteiger partial charge in [0.2, 0.25) is 0 Å². The monoisotopic (exact) mass is 205 g/mol. The third-order valence-electron chi connectivity index (χ3n) is 3.10. The van der Waals surface area contributed by atoms with Gasteiger partial charge in [0.05, 0.1) is 0 Å². The maximum Gasteiger partial charge on any atom is -0.00114 e. The number of likely N-dealkylation sites (N-methyl/N-ethyl adjacent to an activating group) is 1. The summed E-state index contributed by atoms with van der Waals surface area (Å²) in [4.78, 5) is 0. The molecule has 0 aliphatic heterocycles. The molecule has 0 bridgehead atoms. The quantitative estimate of drug-likeness (QED) is 0.751. The second-order valence-corrected chi connectivity index (χ2v) is 4.11. The van der Waals surface area contributed by atoms with Gasteiger partial charge in [-0.25, -0.2) is 0 Å². The minimum absolute atomic E-state index is 0.739. The van der Waals surface area contributed by atoms with Crippen LogP contribution in [0.4, 0.5) is 0 Å². The molecule has 0 saturated heterocycles. The van der Waals surface area contributed by atoms with Gasteiger partial charge in [-0.1, -0.05) is 38.1 Å². The lowest BCUT2D eigenvalue weighted by Crippen LogP contribution is -2.10. The molecule has 0 radical (unpaired) electrons. The van der Waals surface area contributed by atoms with Crippen molar-refractivity contribution in [3.63, 3.8) is 0 Å². The fourth-order valence-electron chi connectivity index (χ4n) is 1.99. The Kier molecular flexibility index (Phi) is 5.41. The predicted molar refractivity (Wildman–Crippen MR) is 67.4 cm³/mol. The molecule has 0 amide bonds.